The maximum atomic E-state index is 10.6. The molecule has 4 rings (SSSR count). The Kier molecular flexibility index (Phi) is 4.25. The van der Waals surface area contributed by atoms with E-state index in [2.05, 4.69) is 22.1 Å². The second-order valence-corrected chi connectivity index (χ2v) is 4.94. The molecule has 0 amide bonds. The third kappa shape index (κ3) is 3.49. The average Bonchev–Trinajstić information content (AvgIpc) is 2.62. The first-order valence-corrected chi connectivity index (χ1v) is 7.11. The van der Waals surface area contributed by atoms with Crippen molar-refractivity contribution in [1.29, 1.82) is 0 Å². The molecule has 0 spiro atoms. The van der Waals surface area contributed by atoms with Gasteiger partial charge < -0.3 is 5.11 Å². The Hall–Kier alpha value is -3.27. The van der Waals surface area contributed by atoms with E-state index in [9.17, 15) is 4.79 Å². The second-order valence-electron chi connectivity index (χ2n) is 4.94. The van der Waals surface area contributed by atoms with Gasteiger partial charge in [0.05, 0.1) is 11.1 Å². The highest BCUT2D eigenvalue weighted by molar-refractivity contribution is 5.93. The Labute approximate surface area is 133 Å². The normalized spacial score (nSPS) is 10.1. The Balaban J connectivity index is 0.000000140. The van der Waals surface area contributed by atoms with E-state index in [-0.39, 0.29) is 0 Å². The van der Waals surface area contributed by atoms with Gasteiger partial charge >= 0.3 is 5.97 Å². The number of hydrogen-bond acceptors (Lipinski definition) is 3. The quantitative estimate of drug-likeness (QED) is 0.573. The zero-order valence-electron chi connectivity index (χ0n) is 12.3. The molecule has 4 nitrogen and oxygen atoms in total. The molecule has 0 bridgehead atoms. The standard InChI is InChI=1S/C10H7NO2.C9H7N/c12-10(13)8-3-4-9-7(6-8)2-1-5-11-9;1-2-4-9-7-10-6-5-8(9)3-1/h1-6H,(H,12,13);1-7H. The number of aromatic nitrogens is 2. The third-order valence-electron chi connectivity index (χ3n) is 3.40. The Morgan fingerprint density at radius 3 is 2.39 bits per heavy atom. The van der Waals surface area contributed by atoms with Crippen LogP contribution in [0.15, 0.2) is 79.3 Å². The van der Waals surface area contributed by atoms with Gasteiger partial charge in [0.15, 0.2) is 0 Å². The summed E-state index contributed by atoms with van der Waals surface area (Å²) in [5, 5.41) is 12.0. The Morgan fingerprint density at radius 2 is 1.61 bits per heavy atom. The summed E-state index contributed by atoms with van der Waals surface area (Å²) in [7, 11) is 0. The van der Waals surface area contributed by atoms with E-state index in [1.165, 1.54) is 10.8 Å². The van der Waals surface area contributed by atoms with Gasteiger partial charge in [-0.1, -0.05) is 30.3 Å². The lowest BCUT2D eigenvalue weighted by Gasteiger charge is -1.97. The fraction of sp³-hybridized carbons (Fsp3) is 0. The largest absolute Gasteiger partial charge is 0.478 e. The van der Waals surface area contributed by atoms with Gasteiger partial charge in [-0.2, -0.15) is 0 Å². The van der Waals surface area contributed by atoms with Crippen molar-refractivity contribution in [2.45, 2.75) is 0 Å². The molecular formula is C19H14N2O2. The van der Waals surface area contributed by atoms with E-state index < -0.39 is 5.97 Å². The van der Waals surface area contributed by atoms with Crippen molar-refractivity contribution >= 4 is 27.6 Å². The van der Waals surface area contributed by atoms with Gasteiger partial charge in [-0.15, -0.1) is 0 Å². The molecule has 0 fully saturated rings. The number of hydrogen-bond donors (Lipinski definition) is 1. The Morgan fingerprint density at radius 1 is 0.826 bits per heavy atom. The number of carboxylic acid groups (broad SMARTS) is 1. The molecule has 0 unspecified atom stereocenters. The highest BCUT2D eigenvalue weighted by Crippen LogP contribution is 2.13. The van der Waals surface area contributed by atoms with Crippen LogP contribution in [0.5, 0.6) is 0 Å². The van der Waals surface area contributed by atoms with Crippen molar-refractivity contribution in [2.24, 2.45) is 0 Å². The van der Waals surface area contributed by atoms with Crippen molar-refractivity contribution in [3.8, 4) is 0 Å². The zero-order valence-corrected chi connectivity index (χ0v) is 12.3. The number of carbonyl (C=O) groups is 1. The lowest BCUT2D eigenvalue weighted by molar-refractivity contribution is 0.0697. The maximum absolute atomic E-state index is 10.6. The number of benzene rings is 2. The molecule has 23 heavy (non-hydrogen) atoms. The molecule has 0 saturated heterocycles. The van der Waals surface area contributed by atoms with Crippen molar-refractivity contribution < 1.29 is 9.90 Å². The lowest BCUT2D eigenvalue weighted by Crippen LogP contribution is -1.95. The van der Waals surface area contributed by atoms with Crippen molar-refractivity contribution in [2.75, 3.05) is 0 Å². The van der Waals surface area contributed by atoms with Crippen LogP contribution in [-0.4, -0.2) is 21.0 Å². The molecule has 2 aromatic heterocycles. The van der Waals surface area contributed by atoms with Crippen LogP contribution >= 0.6 is 0 Å². The molecular weight excluding hydrogens is 288 g/mol. The van der Waals surface area contributed by atoms with E-state index in [1.54, 1.807) is 30.5 Å². The lowest BCUT2D eigenvalue weighted by atomic mass is 10.1. The molecule has 0 radical (unpaired) electrons. The van der Waals surface area contributed by atoms with Crippen LogP contribution in [0.25, 0.3) is 21.7 Å². The molecule has 4 aromatic rings. The summed E-state index contributed by atoms with van der Waals surface area (Å²) in [6, 6.07) is 18.7. The number of rotatable bonds is 1. The molecule has 4 heteroatoms. The number of pyridine rings is 2. The second kappa shape index (κ2) is 6.66. The predicted molar refractivity (Wildman–Crippen MR) is 90.4 cm³/mol. The van der Waals surface area contributed by atoms with Gasteiger partial charge in [-0.05, 0) is 41.1 Å². The van der Waals surface area contributed by atoms with E-state index in [1.807, 2.05) is 36.7 Å². The van der Waals surface area contributed by atoms with E-state index in [0.717, 1.165) is 10.9 Å². The summed E-state index contributed by atoms with van der Waals surface area (Å²) in [4.78, 5) is 18.7. The van der Waals surface area contributed by atoms with Crippen molar-refractivity contribution in [1.82, 2.24) is 9.97 Å². The highest BCUT2D eigenvalue weighted by atomic mass is 16.4. The first kappa shape index (κ1) is 14.7. The fourth-order valence-corrected chi connectivity index (χ4v) is 2.24. The minimum atomic E-state index is -0.911. The van der Waals surface area contributed by atoms with Gasteiger partial charge in [0.2, 0.25) is 0 Å². The molecule has 2 heterocycles. The summed E-state index contributed by atoms with van der Waals surface area (Å²) in [6.45, 7) is 0. The van der Waals surface area contributed by atoms with Crippen LogP contribution in [0.2, 0.25) is 0 Å². The maximum Gasteiger partial charge on any atom is 0.335 e. The van der Waals surface area contributed by atoms with E-state index in [4.69, 9.17) is 5.11 Å². The third-order valence-corrected chi connectivity index (χ3v) is 3.40. The predicted octanol–water partition coefficient (Wildman–Crippen LogP) is 4.17. The van der Waals surface area contributed by atoms with Gasteiger partial charge in [-0.25, -0.2) is 4.79 Å². The molecule has 1 N–H and O–H groups in total. The summed E-state index contributed by atoms with van der Waals surface area (Å²) < 4.78 is 0. The first-order chi connectivity index (χ1) is 11.2. The van der Waals surface area contributed by atoms with Crippen LogP contribution in [-0.2, 0) is 0 Å². The van der Waals surface area contributed by atoms with Crippen LogP contribution in [0.1, 0.15) is 10.4 Å². The molecule has 0 aliphatic heterocycles. The SMILES string of the molecule is O=C(O)c1ccc2ncccc2c1.c1ccc2cnccc2c1. The average molecular weight is 302 g/mol. The zero-order chi connectivity index (χ0) is 16.1. The number of nitrogens with zero attached hydrogens (tertiary/aromatic N) is 2. The topological polar surface area (TPSA) is 63.1 Å². The van der Waals surface area contributed by atoms with Crippen LogP contribution < -0.4 is 0 Å². The van der Waals surface area contributed by atoms with Crippen molar-refractivity contribution in [3.05, 3.63) is 84.8 Å². The van der Waals surface area contributed by atoms with Crippen LogP contribution in [0.3, 0.4) is 0 Å². The van der Waals surface area contributed by atoms with E-state index >= 15 is 0 Å². The number of aromatic carboxylic acids is 1. The van der Waals surface area contributed by atoms with Gasteiger partial charge in [0.1, 0.15) is 0 Å². The molecule has 112 valence electrons. The molecule has 2 aromatic carbocycles. The fourth-order valence-electron chi connectivity index (χ4n) is 2.24. The Bertz CT molecular complexity index is 902. The van der Waals surface area contributed by atoms with Gasteiger partial charge in [0, 0.05) is 24.0 Å². The van der Waals surface area contributed by atoms with Crippen molar-refractivity contribution in [3.63, 3.8) is 0 Å². The number of fused-ring (bicyclic) bond motifs is 2. The minimum Gasteiger partial charge on any atom is -0.478 e. The summed E-state index contributed by atoms with van der Waals surface area (Å²) in [5.74, 6) is -0.911. The van der Waals surface area contributed by atoms with Crippen LogP contribution in [0, 0.1) is 0 Å². The van der Waals surface area contributed by atoms with Crippen LogP contribution in [0.4, 0.5) is 0 Å². The van der Waals surface area contributed by atoms with Gasteiger partial charge in [0.25, 0.3) is 0 Å². The first-order valence-electron chi connectivity index (χ1n) is 7.11. The molecule has 0 saturated carbocycles. The van der Waals surface area contributed by atoms with E-state index in [0.29, 0.717) is 5.56 Å². The monoisotopic (exact) mass is 302 g/mol. The molecule has 0 aliphatic carbocycles. The smallest absolute Gasteiger partial charge is 0.335 e. The highest BCUT2D eigenvalue weighted by Gasteiger charge is 2.02. The summed E-state index contributed by atoms with van der Waals surface area (Å²) >= 11 is 0. The van der Waals surface area contributed by atoms with Gasteiger partial charge in [-0.3, -0.25) is 9.97 Å². The summed E-state index contributed by atoms with van der Waals surface area (Å²) in [5.41, 5.74) is 1.10. The number of carboxylic acids is 1. The molecule has 0 atom stereocenters. The summed E-state index contributed by atoms with van der Waals surface area (Å²) in [6.07, 6.45) is 5.36. The minimum absolute atomic E-state index is 0.292. The molecule has 0 aliphatic rings.